The van der Waals surface area contributed by atoms with Crippen LogP contribution in [0.5, 0.6) is 5.75 Å². The van der Waals surface area contributed by atoms with Gasteiger partial charge in [0.1, 0.15) is 10.8 Å². The van der Waals surface area contributed by atoms with Gasteiger partial charge in [-0.1, -0.05) is 47.5 Å². The summed E-state index contributed by atoms with van der Waals surface area (Å²) in [5, 5.41) is 0.716. The lowest BCUT2D eigenvalue weighted by Gasteiger charge is -2.24. The second kappa shape index (κ2) is 13.1. The largest absolute Gasteiger partial charge is 0.497 e. The highest BCUT2D eigenvalue weighted by molar-refractivity contribution is 9.10. The summed E-state index contributed by atoms with van der Waals surface area (Å²) in [6, 6.07) is 16.7. The third-order valence-electron chi connectivity index (χ3n) is 6.54. The van der Waals surface area contributed by atoms with E-state index in [0.29, 0.717) is 28.4 Å². The molecule has 0 saturated carbocycles. The standard InChI is InChI=1S/C30H30BrCl2N3O4/c1-5-40-29(38)26-27(36(18(2)3)30(31)34-26)24(21-8-10-22(32)11-9-21)14-20-15-25(33)28(37)35(17-20)16-19-6-12-23(39-4)13-7-19/h6-13,15,17-18,24H,5,14,16H2,1-4H3. The van der Waals surface area contributed by atoms with Crippen molar-refractivity contribution >= 4 is 45.1 Å². The van der Waals surface area contributed by atoms with Crippen molar-refractivity contribution in [2.24, 2.45) is 0 Å². The van der Waals surface area contributed by atoms with Crippen molar-refractivity contribution in [2.45, 2.75) is 45.7 Å². The summed E-state index contributed by atoms with van der Waals surface area (Å²) < 4.78 is 14.7. The molecular formula is C30H30BrCl2N3O4. The number of methoxy groups -OCH3 is 1. The fourth-order valence-corrected chi connectivity index (χ4v) is 5.86. The Kier molecular flexibility index (Phi) is 9.77. The second-order valence-electron chi connectivity index (χ2n) is 9.58. The number of benzene rings is 2. The molecule has 0 amide bonds. The lowest BCUT2D eigenvalue weighted by molar-refractivity contribution is 0.0518. The van der Waals surface area contributed by atoms with Crippen LogP contribution < -0.4 is 10.3 Å². The number of carbonyl (C=O) groups is 1. The van der Waals surface area contributed by atoms with E-state index in [9.17, 15) is 9.59 Å². The smallest absolute Gasteiger partial charge is 0.358 e. The molecule has 4 rings (SSSR count). The molecule has 0 aliphatic carbocycles. The monoisotopic (exact) mass is 645 g/mol. The normalized spacial score (nSPS) is 12.0. The fraction of sp³-hybridized carbons (Fsp3) is 0.300. The highest BCUT2D eigenvalue weighted by Crippen LogP contribution is 2.36. The zero-order chi connectivity index (χ0) is 29.0. The van der Waals surface area contributed by atoms with E-state index in [1.807, 2.05) is 73.1 Å². The van der Waals surface area contributed by atoms with Crippen molar-refractivity contribution in [1.82, 2.24) is 14.1 Å². The molecule has 7 nitrogen and oxygen atoms in total. The fourth-order valence-electron chi connectivity index (χ4n) is 4.71. The summed E-state index contributed by atoms with van der Waals surface area (Å²) in [5.74, 6) is -0.0982. The Labute approximate surface area is 251 Å². The van der Waals surface area contributed by atoms with Gasteiger partial charge in [-0.3, -0.25) is 4.79 Å². The first kappa shape index (κ1) is 29.9. The van der Waals surface area contributed by atoms with E-state index >= 15 is 0 Å². The van der Waals surface area contributed by atoms with Gasteiger partial charge in [-0.2, -0.15) is 0 Å². The molecule has 210 valence electrons. The van der Waals surface area contributed by atoms with Crippen molar-refractivity contribution < 1.29 is 14.3 Å². The number of pyridine rings is 1. The van der Waals surface area contributed by atoms with Crippen LogP contribution in [0.2, 0.25) is 10.0 Å². The van der Waals surface area contributed by atoms with E-state index in [0.717, 1.165) is 22.4 Å². The predicted octanol–water partition coefficient (Wildman–Crippen LogP) is 7.30. The summed E-state index contributed by atoms with van der Waals surface area (Å²) >= 11 is 16.2. The molecule has 1 atom stereocenters. The molecule has 0 N–H and O–H groups in total. The van der Waals surface area contributed by atoms with E-state index in [1.165, 1.54) is 0 Å². The first-order valence-electron chi connectivity index (χ1n) is 12.8. The van der Waals surface area contributed by atoms with Crippen molar-refractivity contribution in [3.05, 3.63) is 114 Å². The number of halogens is 3. The summed E-state index contributed by atoms with van der Waals surface area (Å²) in [5.41, 5.74) is 3.32. The number of esters is 1. The van der Waals surface area contributed by atoms with Gasteiger partial charge < -0.3 is 18.6 Å². The lowest BCUT2D eigenvalue weighted by Crippen LogP contribution is -2.23. The van der Waals surface area contributed by atoms with Crippen LogP contribution in [0.25, 0.3) is 0 Å². The molecule has 2 heterocycles. The number of hydrogen-bond donors (Lipinski definition) is 0. The van der Waals surface area contributed by atoms with E-state index < -0.39 is 5.97 Å². The molecule has 40 heavy (non-hydrogen) atoms. The molecule has 10 heteroatoms. The molecule has 0 aliphatic rings. The molecule has 0 fully saturated rings. The Morgan fingerprint density at radius 2 is 1.73 bits per heavy atom. The highest BCUT2D eigenvalue weighted by Gasteiger charge is 2.31. The summed E-state index contributed by atoms with van der Waals surface area (Å²) in [4.78, 5) is 30.6. The van der Waals surface area contributed by atoms with Gasteiger partial charge in [-0.05, 0) is 90.1 Å². The Hall–Kier alpha value is -3.07. The van der Waals surface area contributed by atoms with Crippen molar-refractivity contribution in [3.63, 3.8) is 0 Å². The average Bonchev–Trinajstić information content (AvgIpc) is 3.28. The van der Waals surface area contributed by atoms with Crippen LogP contribution in [-0.4, -0.2) is 33.8 Å². The minimum Gasteiger partial charge on any atom is -0.497 e. The van der Waals surface area contributed by atoms with Gasteiger partial charge in [0.25, 0.3) is 5.56 Å². The number of carbonyl (C=O) groups excluding carboxylic acids is 1. The topological polar surface area (TPSA) is 75.4 Å². The SMILES string of the molecule is CCOC(=O)c1nc(Br)n(C(C)C)c1C(Cc1cc(Cl)c(=O)n(Cc2ccc(OC)cc2)c1)c1ccc(Cl)cc1. The third kappa shape index (κ3) is 6.62. The zero-order valence-corrected chi connectivity index (χ0v) is 25.8. The molecule has 0 radical (unpaired) electrons. The number of ether oxygens (including phenoxy) is 2. The first-order chi connectivity index (χ1) is 19.1. The third-order valence-corrected chi connectivity index (χ3v) is 7.63. The average molecular weight is 647 g/mol. The highest BCUT2D eigenvalue weighted by atomic mass is 79.9. The van der Waals surface area contributed by atoms with Crippen LogP contribution in [-0.2, 0) is 17.7 Å². The zero-order valence-electron chi connectivity index (χ0n) is 22.7. The molecule has 0 saturated heterocycles. The van der Waals surface area contributed by atoms with Gasteiger partial charge in [0.15, 0.2) is 10.4 Å². The van der Waals surface area contributed by atoms with Crippen LogP contribution >= 0.6 is 39.1 Å². The van der Waals surface area contributed by atoms with E-state index in [1.54, 1.807) is 24.7 Å². The Bertz CT molecular complexity index is 1550. The molecular weight excluding hydrogens is 617 g/mol. The molecule has 2 aromatic heterocycles. The molecule has 0 bridgehead atoms. The van der Waals surface area contributed by atoms with Gasteiger partial charge in [0, 0.05) is 23.2 Å². The quantitative estimate of drug-likeness (QED) is 0.169. The first-order valence-corrected chi connectivity index (χ1v) is 14.4. The number of imidazole rings is 1. The maximum atomic E-state index is 13.1. The van der Waals surface area contributed by atoms with Gasteiger partial charge in [0.05, 0.1) is 26.0 Å². The second-order valence-corrected chi connectivity index (χ2v) is 11.1. The molecule has 4 aromatic rings. The van der Waals surface area contributed by atoms with Crippen LogP contribution in [0.3, 0.4) is 0 Å². The van der Waals surface area contributed by atoms with Gasteiger partial charge in [0.2, 0.25) is 0 Å². The van der Waals surface area contributed by atoms with E-state index in [2.05, 4.69) is 20.9 Å². The minimum atomic E-state index is -0.501. The summed E-state index contributed by atoms with van der Waals surface area (Å²) in [7, 11) is 1.61. The number of rotatable bonds is 10. The Balaban J connectivity index is 1.84. The number of hydrogen-bond acceptors (Lipinski definition) is 5. The molecule has 0 spiro atoms. The maximum Gasteiger partial charge on any atom is 0.358 e. The van der Waals surface area contributed by atoms with Crippen LogP contribution in [0.15, 0.2) is 70.3 Å². The Morgan fingerprint density at radius 3 is 2.33 bits per heavy atom. The van der Waals surface area contributed by atoms with Crippen molar-refractivity contribution in [2.75, 3.05) is 13.7 Å². The van der Waals surface area contributed by atoms with Crippen LogP contribution in [0.1, 0.15) is 65.6 Å². The van der Waals surface area contributed by atoms with Crippen molar-refractivity contribution in [3.8, 4) is 5.75 Å². The predicted molar refractivity (Wildman–Crippen MR) is 161 cm³/mol. The summed E-state index contributed by atoms with van der Waals surface area (Å²) in [6.45, 7) is 6.37. The minimum absolute atomic E-state index is 0.0116. The lowest BCUT2D eigenvalue weighted by atomic mass is 9.88. The Morgan fingerprint density at radius 1 is 1.05 bits per heavy atom. The van der Waals surface area contributed by atoms with E-state index in [4.69, 9.17) is 32.7 Å². The molecule has 0 aliphatic heterocycles. The van der Waals surface area contributed by atoms with Gasteiger partial charge in [-0.15, -0.1) is 0 Å². The maximum absolute atomic E-state index is 13.1. The number of aromatic nitrogens is 3. The molecule has 1 unspecified atom stereocenters. The van der Waals surface area contributed by atoms with Crippen LogP contribution in [0.4, 0.5) is 0 Å². The van der Waals surface area contributed by atoms with Gasteiger partial charge >= 0.3 is 5.97 Å². The summed E-state index contributed by atoms with van der Waals surface area (Å²) in [6.07, 6.45) is 2.25. The van der Waals surface area contributed by atoms with Gasteiger partial charge in [-0.25, -0.2) is 9.78 Å². The van der Waals surface area contributed by atoms with Crippen LogP contribution in [0, 0.1) is 0 Å². The number of nitrogens with zero attached hydrogens (tertiary/aromatic N) is 3. The van der Waals surface area contributed by atoms with E-state index in [-0.39, 0.29) is 34.8 Å². The molecule has 2 aromatic carbocycles. The van der Waals surface area contributed by atoms with Crippen molar-refractivity contribution in [1.29, 1.82) is 0 Å².